The summed E-state index contributed by atoms with van der Waals surface area (Å²) < 4.78 is 5.02. The highest BCUT2D eigenvalue weighted by Gasteiger charge is 2.22. The molecule has 0 aliphatic carbocycles. The topological polar surface area (TPSA) is 66.8 Å². The number of aliphatic hydroxyl groups is 2. The monoisotopic (exact) mass is 272 g/mol. The third-order valence-corrected chi connectivity index (χ3v) is 3.72. The maximum absolute atomic E-state index is 11.4. The molecule has 0 aromatic rings. The first-order valence-electron chi connectivity index (χ1n) is 7.70. The van der Waals surface area contributed by atoms with Gasteiger partial charge in [0.25, 0.3) is 0 Å². The molecule has 0 aromatic carbocycles. The summed E-state index contributed by atoms with van der Waals surface area (Å²) in [5.41, 5.74) is 0. The first kappa shape index (κ1) is 16.4. The van der Waals surface area contributed by atoms with E-state index in [4.69, 9.17) is 4.74 Å². The molecule has 112 valence electrons. The molecule has 4 heteroatoms. The quantitative estimate of drug-likeness (QED) is 0.525. The molecule has 1 rings (SSSR count). The number of cyclic esters (lactones) is 1. The van der Waals surface area contributed by atoms with E-state index in [0.29, 0.717) is 12.8 Å². The van der Waals surface area contributed by atoms with E-state index in [-0.39, 0.29) is 19.0 Å². The fraction of sp³-hybridized carbons (Fsp3) is 0.933. The minimum absolute atomic E-state index is 0.103. The van der Waals surface area contributed by atoms with Gasteiger partial charge in [0.15, 0.2) is 5.79 Å². The van der Waals surface area contributed by atoms with Gasteiger partial charge in [-0.15, -0.1) is 0 Å². The van der Waals surface area contributed by atoms with Crippen LogP contribution in [0, 0.1) is 0 Å². The van der Waals surface area contributed by atoms with E-state index in [9.17, 15) is 15.0 Å². The highest BCUT2D eigenvalue weighted by molar-refractivity contribution is 5.69. The van der Waals surface area contributed by atoms with Gasteiger partial charge in [0.2, 0.25) is 0 Å². The molecule has 0 atom stereocenters. The van der Waals surface area contributed by atoms with Gasteiger partial charge in [0, 0.05) is 19.3 Å². The summed E-state index contributed by atoms with van der Waals surface area (Å²) in [5, 5.41) is 19.5. The van der Waals surface area contributed by atoms with Gasteiger partial charge >= 0.3 is 5.97 Å². The zero-order valence-electron chi connectivity index (χ0n) is 11.9. The van der Waals surface area contributed by atoms with E-state index in [1.165, 1.54) is 32.1 Å². The molecule has 0 radical (unpaired) electrons. The normalized spacial score (nSPS) is 24.6. The molecule has 19 heavy (non-hydrogen) atoms. The zero-order chi connectivity index (χ0) is 14.0. The molecule has 2 N–H and O–H groups in total. The van der Waals surface area contributed by atoms with Gasteiger partial charge in [-0.3, -0.25) is 4.79 Å². The van der Waals surface area contributed by atoms with Crippen molar-refractivity contribution in [2.75, 3.05) is 6.61 Å². The van der Waals surface area contributed by atoms with Gasteiger partial charge in [0.1, 0.15) is 0 Å². The lowest BCUT2D eigenvalue weighted by molar-refractivity contribution is -0.181. The van der Waals surface area contributed by atoms with Crippen LogP contribution in [0.2, 0.25) is 0 Å². The van der Waals surface area contributed by atoms with Gasteiger partial charge in [-0.25, -0.2) is 0 Å². The van der Waals surface area contributed by atoms with Crippen LogP contribution in [0.3, 0.4) is 0 Å². The maximum atomic E-state index is 11.4. The summed E-state index contributed by atoms with van der Waals surface area (Å²) in [4.78, 5) is 11.4. The lowest BCUT2D eigenvalue weighted by Gasteiger charge is -2.21. The fourth-order valence-electron chi connectivity index (χ4n) is 2.44. The standard InChI is InChI=1S/C15H28O4/c16-14-10-8-6-4-2-1-3-5-7-9-11-15(17,18)12-13-19-14/h17-18H,1-13H2. The Balaban J connectivity index is 2.31. The van der Waals surface area contributed by atoms with Crippen molar-refractivity contribution in [3.05, 3.63) is 0 Å². The summed E-state index contributed by atoms with van der Waals surface area (Å²) in [6, 6.07) is 0. The van der Waals surface area contributed by atoms with Crippen molar-refractivity contribution in [3.63, 3.8) is 0 Å². The minimum atomic E-state index is -1.68. The third-order valence-electron chi connectivity index (χ3n) is 3.72. The van der Waals surface area contributed by atoms with Gasteiger partial charge in [-0.2, -0.15) is 0 Å². The molecular weight excluding hydrogens is 244 g/mol. The Kier molecular flexibility index (Phi) is 8.07. The van der Waals surface area contributed by atoms with Gasteiger partial charge in [-0.05, 0) is 12.8 Å². The van der Waals surface area contributed by atoms with Crippen LogP contribution >= 0.6 is 0 Å². The maximum Gasteiger partial charge on any atom is 0.305 e. The van der Waals surface area contributed by atoms with E-state index in [1.807, 2.05) is 0 Å². The molecule has 1 fully saturated rings. The summed E-state index contributed by atoms with van der Waals surface area (Å²) in [6.07, 6.45) is 10.8. The molecule has 0 spiro atoms. The van der Waals surface area contributed by atoms with E-state index in [2.05, 4.69) is 0 Å². The van der Waals surface area contributed by atoms with Crippen LogP contribution in [0.1, 0.15) is 77.0 Å². The minimum Gasteiger partial charge on any atom is -0.465 e. The number of hydrogen-bond donors (Lipinski definition) is 2. The number of carbonyl (C=O) groups is 1. The van der Waals surface area contributed by atoms with Crippen LogP contribution in [-0.2, 0) is 9.53 Å². The van der Waals surface area contributed by atoms with Crippen molar-refractivity contribution in [1.82, 2.24) is 0 Å². The molecule has 1 aliphatic heterocycles. The Morgan fingerprint density at radius 1 is 0.789 bits per heavy atom. The van der Waals surface area contributed by atoms with E-state index in [0.717, 1.165) is 25.7 Å². The number of ether oxygens (including phenoxy) is 1. The van der Waals surface area contributed by atoms with Crippen LogP contribution in [0.25, 0.3) is 0 Å². The number of rotatable bonds is 0. The highest BCUT2D eigenvalue weighted by Crippen LogP contribution is 2.18. The summed E-state index contributed by atoms with van der Waals surface area (Å²) in [5.74, 6) is -1.90. The average molecular weight is 272 g/mol. The van der Waals surface area contributed by atoms with Crippen LogP contribution in [0.15, 0.2) is 0 Å². The van der Waals surface area contributed by atoms with Gasteiger partial charge in [0.05, 0.1) is 6.61 Å². The molecule has 0 saturated carbocycles. The Morgan fingerprint density at radius 2 is 1.32 bits per heavy atom. The van der Waals surface area contributed by atoms with E-state index >= 15 is 0 Å². The molecular formula is C15H28O4. The van der Waals surface area contributed by atoms with Crippen LogP contribution in [0.4, 0.5) is 0 Å². The third kappa shape index (κ3) is 9.00. The molecule has 1 aliphatic rings. The van der Waals surface area contributed by atoms with Crippen molar-refractivity contribution in [2.24, 2.45) is 0 Å². The number of hydrogen-bond acceptors (Lipinski definition) is 4. The van der Waals surface area contributed by atoms with Gasteiger partial charge in [-0.1, -0.05) is 44.9 Å². The molecule has 0 unspecified atom stereocenters. The Morgan fingerprint density at radius 3 is 1.95 bits per heavy atom. The van der Waals surface area contributed by atoms with Crippen LogP contribution in [-0.4, -0.2) is 28.6 Å². The zero-order valence-corrected chi connectivity index (χ0v) is 11.9. The molecule has 0 amide bonds. The lowest BCUT2D eigenvalue weighted by Crippen LogP contribution is -2.30. The lowest BCUT2D eigenvalue weighted by atomic mass is 10.0. The first-order valence-corrected chi connectivity index (χ1v) is 7.70. The first-order chi connectivity index (χ1) is 9.10. The second-order valence-electron chi connectivity index (χ2n) is 5.63. The van der Waals surface area contributed by atoms with Crippen LogP contribution in [0.5, 0.6) is 0 Å². The summed E-state index contributed by atoms with van der Waals surface area (Å²) in [7, 11) is 0. The predicted molar refractivity (Wildman–Crippen MR) is 73.5 cm³/mol. The molecule has 0 bridgehead atoms. The predicted octanol–water partition coefficient (Wildman–Crippen LogP) is 2.91. The molecule has 1 saturated heterocycles. The van der Waals surface area contributed by atoms with Gasteiger partial charge < -0.3 is 14.9 Å². The van der Waals surface area contributed by atoms with Crippen molar-refractivity contribution in [3.8, 4) is 0 Å². The van der Waals surface area contributed by atoms with Crippen molar-refractivity contribution >= 4 is 5.97 Å². The summed E-state index contributed by atoms with van der Waals surface area (Å²) >= 11 is 0. The van der Waals surface area contributed by atoms with E-state index < -0.39 is 5.79 Å². The Hall–Kier alpha value is -0.610. The molecule has 0 aromatic heterocycles. The Bertz CT molecular complexity index is 251. The highest BCUT2D eigenvalue weighted by atomic mass is 16.5. The smallest absolute Gasteiger partial charge is 0.305 e. The van der Waals surface area contributed by atoms with Crippen molar-refractivity contribution in [1.29, 1.82) is 0 Å². The second kappa shape index (κ2) is 9.32. The van der Waals surface area contributed by atoms with Crippen molar-refractivity contribution in [2.45, 2.75) is 82.8 Å². The van der Waals surface area contributed by atoms with Crippen molar-refractivity contribution < 1.29 is 19.7 Å². The number of esters is 1. The SMILES string of the molecule is O=C1CCCCCCCCCCCC(O)(O)CCO1. The largest absolute Gasteiger partial charge is 0.465 e. The fourth-order valence-corrected chi connectivity index (χ4v) is 2.44. The molecule has 4 nitrogen and oxygen atoms in total. The molecule has 1 heterocycles. The second-order valence-corrected chi connectivity index (χ2v) is 5.63. The Labute approximate surface area is 116 Å². The van der Waals surface area contributed by atoms with E-state index in [1.54, 1.807) is 0 Å². The average Bonchev–Trinajstić information content (AvgIpc) is 2.34. The number of carbonyl (C=O) groups excluding carboxylic acids is 1. The van der Waals surface area contributed by atoms with Crippen LogP contribution < -0.4 is 0 Å². The summed E-state index contributed by atoms with van der Waals surface area (Å²) in [6.45, 7) is 0.103.